The molecule has 2 rings (SSSR count). The van der Waals surface area contributed by atoms with Gasteiger partial charge in [-0.05, 0) is 36.3 Å². The molecule has 0 spiro atoms. The van der Waals surface area contributed by atoms with Gasteiger partial charge in [0, 0.05) is 12.4 Å². The zero-order valence-electron chi connectivity index (χ0n) is 7.59. The molecule has 64 valence electrons. The molecule has 0 N–H and O–H groups in total. The fourth-order valence-corrected chi connectivity index (χ4v) is 1.95. The predicted molar refractivity (Wildman–Crippen MR) is 49.9 cm³/mol. The van der Waals surface area contributed by atoms with E-state index in [1.807, 2.05) is 18.5 Å². The molecule has 1 nitrogen and oxygen atoms in total. The van der Waals surface area contributed by atoms with Crippen molar-refractivity contribution in [3.63, 3.8) is 0 Å². The summed E-state index contributed by atoms with van der Waals surface area (Å²) >= 11 is 0. The quantitative estimate of drug-likeness (QED) is 0.650. The highest BCUT2D eigenvalue weighted by Crippen LogP contribution is 2.42. The Balaban J connectivity index is 2.04. The van der Waals surface area contributed by atoms with E-state index in [1.54, 1.807) is 0 Å². The van der Waals surface area contributed by atoms with E-state index in [1.165, 1.54) is 31.2 Å². The van der Waals surface area contributed by atoms with E-state index in [0.29, 0.717) is 5.41 Å². The smallest absolute Gasteiger partial charge is 0.0300 e. The van der Waals surface area contributed by atoms with Gasteiger partial charge in [-0.3, -0.25) is 4.98 Å². The number of pyridine rings is 1. The van der Waals surface area contributed by atoms with Crippen molar-refractivity contribution in [1.82, 2.24) is 4.98 Å². The van der Waals surface area contributed by atoms with Crippen molar-refractivity contribution in [1.29, 1.82) is 0 Å². The van der Waals surface area contributed by atoms with Gasteiger partial charge in [-0.2, -0.15) is 0 Å². The van der Waals surface area contributed by atoms with Crippen molar-refractivity contribution in [3.05, 3.63) is 30.1 Å². The van der Waals surface area contributed by atoms with Gasteiger partial charge in [0.05, 0.1) is 0 Å². The van der Waals surface area contributed by atoms with E-state index in [9.17, 15) is 0 Å². The third-order valence-corrected chi connectivity index (χ3v) is 2.91. The second-order valence-electron chi connectivity index (χ2n) is 4.20. The Morgan fingerprint density at radius 1 is 1.50 bits per heavy atom. The maximum absolute atomic E-state index is 4.13. The summed E-state index contributed by atoms with van der Waals surface area (Å²) in [6, 6.07) is 4.20. The molecule has 1 aliphatic rings. The largest absolute Gasteiger partial charge is 0.264 e. The Kier molecular flexibility index (Phi) is 1.87. The number of hydrogen-bond donors (Lipinski definition) is 0. The third kappa shape index (κ3) is 1.50. The van der Waals surface area contributed by atoms with Crippen molar-refractivity contribution in [2.45, 2.75) is 32.6 Å². The van der Waals surface area contributed by atoms with Gasteiger partial charge in [-0.25, -0.2) is 0 Å². The third-order valence-electron chi connectivity index (χ3n) is 2.91. The lowest BCUT2D eigenvalue weighted by molar-refractivity contribution is 0.161. The Labute approximate surface area is 73.8 Å². The molecular weight excluding hydrogens is 146 g/mol. The lowest BCUT2D eigenvalue weighted by atomic mass is 9.67. The van der Waals surface area contributed by atoms with Crippen LogP contribution in [0, 0.1) is 5.41 Å². The predicted octanol–water partition coefficient (Wildman–Crippen LogP) is 2.81. The molecule has 12 heavy (non-hydrogen) atoms. The van der Waals surface area contributed by atoms with Gasteiger partial charge >= 0.3 is 0 Å². The normalized spacial score (nSPS) is 20.1. The first-order valence-corrected chi connectivity index (χ1v) is 4.67. The van der Waals surface area contributed by atoms with Gasteiger partial charge in [0.1, 0.15) is 0 Å². The van der Waals surface area contributed by atoms with E-state index in [-0.39, 0.29) is 0 Å². The second-order valence-corrected chi connectivity index (χ2v) is 4.20. The summed E-state index contributed by atoms with van der Waals surface area (Å²) < 4.78 is 0. The van der Waals surface area contributed by atoms with Crippen molar-refractivity contribution in [3.8, 4) is 0 Å². The standard InChI is InChI=1S/C11H15N/c1-11(5-3-6-11)8-10-4-2-7-12-9-10/h2,4,7,9H,3,5-6,8H2,1H3. The van der Waals surface area contributed by atoms with Crippen LogP contribution in [-0.4, -0.2) is 4.98 Å². The molecule has 0 aliphatic heterocycles. The van der Waals surface area contributed by atoms with Crippen LogP contribution in [0.4, 0.5) is 0 Å². The van der Waals surface area contributed by atoms with Crippen molar-refractivity contribution in [2.24, 2.45) is 5.41 Å². The minimum atomic E-state index is 0.586. The maximum Gasteiger partial charge on any atom is 0.0300 e. The fourth-order valence-electron chi connectivity index (χ4n) is 1.95. The molecule has 1 saturated carbocycles. The SMILES string of the molecule is CC1(Cc2cccnc2)CCC1. The van der Waals surface area contributed by atoms with Gasteiger partial charge in [0.25, 0.3) is 0 Å². The summed E-state index contributed by atoms with van der Waals surface area (Å²) in [4.78, 5) is 4.13. The first-order chi connectivity index (χ1) is 5.79. The number of rotatable bonds is 2. The van der Waals surface area contributed by atoms with Gasteiger partial charge in [0.2, 0.25) is 0 Å². The molecule has 1 heterocycles. The van der Waals surface area contributed by atoms with Crippen LogP contribution in [0.5, 0.6) is 0 Å². The highest BCUT2D eigenvalue weighted by molar-refractivity contribution is 5.11. The van der Waals surface area contributed by atoms with Gasteiger partial charge < -0.3 is 0 Å². The van der Waals surface area contributed by atoms with E-state index < -0.39 is 0 Å². The summed E-state index contributed by atoms with van der Waals surface area (Å²) in [5.41, 5.74) is 1.97. The maximum atomic E-state index is 4.13. The molecule has 1 heteroatoms. The molecule has 0 amide bonds. The molecule has 0 aromatic carbocycles. The Morgan fingerprint density at radius 2 is 2.33 bits per heavy atom. The molecule has 0 atom stereocenters. The minimum absolute atomic E-state index is 0.586. The summed E-state index contributed by atoms with van der Waals surface area (Å²) in [5, 5.41) is 0. The molecular formula is C11H15N. The molecule has 1 aliphatic carbocycles. The van der Waals surface area contributed by atoms with Gasteiger partial charge in [-0.1, -0.05) is 19.4 Å². The minimum Gasteiger partial charge on any atom is -0.264 e. The molecule has 0 saturated heterocycles. The van der Waals surface area contributed by atoms with Gasteiger partial charge in [0.15, 0.2) is 0 Å². The van der Waals surface area contributed by atoms with Crippen LogP contribution in [0.3, 0.4) is 0 Å². The van der Waals surface area contributed by atoms with Crippen LogP contribution in [-0.2, 0) is 6.42 Å². The molecule has 1 aromatic rings. The average molecular weight is 161 g/mol. The zero-order chi connectivity index (χ0) is 8.44. The topological polar surface area (TPSA) is 12.9 Å². The number of hydrogen-bond acceptors (Lipinski definition) is 1. The molecule has 1 aromatic heterocycles. The monoisotopic (exact) mass is 161 g/mol. The highest BCUT2D eigenvalue weighted by Gasteiger charge is 2.31. The van der Waals surface area contributed by atoms with Crippen molar-refractivity contribution < 1.29 is 0 Å². The zero-order valence-corrected chi connectivity index (χ0v) is 7.59. The van der Waals surface area contributed by atoms with Crippen molar-refractivity contribution >= 4 is 0 Å². The Morgan fingerprint density at radius 3 is 2.83 bits per heavy atom. The van der Waals surface area contributed by atoms with E-state index in [4.69, 9.17) is 0 Å². The number of aromatic nitrogens is 1. The molecule has 1 fully saturated rings. The first kappa shape index (κ1) is 7.78. The van der Waals surface area contributed by atoms with Crippen molar-refractivity contribution in [2.75, 3.05) is 0 Å². The van der Waals surface area contributed by atoms with Crippen LogP contribution in [0.25, 0.3) is 0 Å². The fraction of sp³-hybridized carbons (Fsp3) is 0.545. The average Bonchev–Trinajstić information content (AvgIpc) is 2.04. The summed E-state index contributed by atoms with van der Waals surface area (Å²) in [6.45, 7) is 2.38. The van der Waals surface area contributed by atoms with Crippen LogP contribution in [0.1, 0.15) is 31.7 Å². The summed E-state index contributed by atoms with van der Waals surface area (Å²) in [7, 11) is 0. The Hall–Kier alpha value is -0.850. The summed E-state index contributed by atoms with van der Waals surface area (Å²) in [5.74, 6) is 0. The van der Waals surface area contributed by atoms with E-state index in [0.717, 1.165) is 0 Å². The first-order valence-electron chi connectivity index (χ1n) is 4.67. The summed E-state index contributed by atoms with van der Waals surface area (Å²) in [6.07, 6.45) is 9.23. The van der Waals surface area contributed by atoms with Crippen LogP contribution in [0.15, 0.2) is 24.5 Å². The highest BCUT2D eigenvalue weighted by atomic mass is 14.6. The second kappa shape index (κ2) is 2.89. The Bertz CT molecular complexity index is 249. The molecule has 0 unspecified atom stereocenters. The van der Waals surface area contributed by atoms with Crippen LogP contribution in [0.2, 0.25) is 0 Å². The van der Waals surface area contributed by atoms with E-state index in [2.05, 4.69) is 18.0 Å². The van der Waals surface area contributed by atoms with E-state index >= 15 is 0 Å². The lowest BCUT2D eigenvalue weighted by Gasteiger charge is -2.38. The molecule has 0 bridgehead atoms. The van der Waals surface area contributed by atoms with Crippen LogP contribution < -0.4 is 0 Å². The lowest BCUT2D eigenvalue weighted by Crippen LogP contribution is -2.27. The molecule has 0 radical (unpaired) electrons. The number of nitrogens with zero attached hydrogens (tertiary/aromatic N) is 1. The van der Waals surface area contributed by atoms with Gasteiger partial charge in [-0.15, -0.1) is 0 Å². The van der Waals surface area contributed by atoms with Crippen LogP contribution >= 0.6 is 0 Å².